The molecule has 0 aliphatic heterocycles. The molecule has 2 aromatic carbocycles. The summed E-state index contributed by atoms with van der Waals surface area (Å²) in [7, 11) is 1.88. The number of benzene rings is 2. The van der Waals surface area contributed by atoms with Gasteiger partial charge in [-0.05, 0) is 18.9 Å². The first-order valence-electron chi connectivity index (χ1n) is 8.74. The Labute approximate surface area is 151 Å². The number of esters is 1. The predicted octanol–water partition coefficient (Wildman–Crippen LogP) is 3.36. The lowest BCUT2D eigenvalue weighted by Crippen LogP contribution is -2.33. The number of amides is 1. The topological polar surface area (TPSA) is 60.3 Å². The highest BCUT2D eigenvalue weighted by Gasteiger charge is 2.31. The quantitative estimate of drug-likeness (QED) is 0.719. The molecule has 0 radical (unpaired) electrons. The highest BCUT2D eigenvalue weighted by molar-refractivity contribution is 6.05. The second-order valence-corrected chi connectivity index (χ2v) is 6.65. The Kier molecular flexibility index (Phi) is 4.21. The van der Waals surface area contributed by atoms with Gasteiger partial charge in [-0.25, -0.2) is 4.79 Å². The van der Waals surface area contributed by atoms with Gasteiger partial charge in [0.15, 0.2) is 0 Å². The minimum atomic E-state index is -0.955. The lowest BCUT2D eigenvalue weighted by molar-refractivity contribution is -0.130. The second-order valence-electron chi connectivity index (χ2n) is 6.65. The molecule has 0 bridgehead atoms. The number of hydrogen-bond donors (Lipinski definition) is 1. The van der Waals surface area contributed by atoms with Gasteiger partial charge in [-0.1, -0.05) is 48.5 Å². The van der Waals surface area contributed by atoms with Crippen LogP contribution in [0.25, 0.3) is 10.9 Å². The van der Waals surface area contributed by atoms with Crippen LogP contribution >= 0.6 is 0 Å². The first kappa shape index (κ1) is 16.4. The van der Waals surface area contributed by atoms with Gasteiger partial charge in [-0.15, -0.1) is 0 Å². The Balaban J connectivity index is 1.64. The van der Waals surface area contributed by atoms with Gasteiger partial charge in [-0.2, -0.15) is 0 Å². The van der Waals surface area contributed by atoms with Gasteiger partial charge in [0.1, 0.15) is 0 Å². The summed E-state index contributed by atoms with van der Waals surface area (Å²) in [5.74, 6) is -0.770. The molecule has 5 heteroatoms. The van der Waals surface area contributed by atoms with Crippen molar-refractivity contribution >= 4 is 22.8 Å². The number of fused-ring (bicyclic) bond motifs is 1. The van der Waals surface area contributed by atoms with Gasteiger partial charge in [0.25, 0.3) is 5.91 Å². The van der Waals surface area contributed by atoms with Crippen LogP contribution in [-0.2, 0) is 16.6 Å². The number of hydrogen-bond acceptors (Lipinski definition) is 3. The van der Waals surface area contributed by atoms with Gasteiger partial charge in [-0.3, -0.25) is 4.79 Å². The van der Waals surface area contributed by atoms with E-state index in [4.69, 9.17) is 4.74 Å². The van der Waals surface area contributed by atoms with Crippen LogP contribution in [0.1, 0.15) is 34.9 Å². The average molecular weight is 348 g/mol. The van der Waals surface area contributed by atoms with E-state index in [1.165, 1.54) is 0 Å². The van der Waals surface area contributed by atoms with Crippen molar-refractivity contribution in [3.8, 4) is 0 Å². The minimum absolute atomic E-state index is 0.199. The summed E-state index contributed by atoms with van der Waals surface area (Å²) in [5.41, 5.74) is 2.07. The fourth-order valence-corrected chi connectivity index (χ4v) is 3.08. The molecule has 132 valence electrons. The largest absolute Gasteiger partial charge is 0.444 e. The Morgan fingerprint density at radius 3 is 2.50 bits per heavy atom. The molecule has 1 unspecified atom stereocenters. The van der Waals surface area contributed by atoms with Crippen molar-refractivity contribution in [3.63, 3.8) is 0 Å². The van der Waals surface area contributed by atoms with Crippen molar-refractivity contribution in [2.75, 3.05) is 0 Å². The fraction of sp³-hybridized carbons (Fsp3) is 0.238. The zero-order valence-corrected chi connectivity index (χ0v) is 14.5. The van der Waals surface area contributed by atoms with Crippen LogP contribution < -0.4 is 5.32 Å². The molecule has 0 spiro atoms. The molecular weight excluding hydrogens is 328 g/mol. The van der Waals surface area contributed by atoms with E-state index in [0.29, 0.717) is 11.1 Å². The summed E-state index contributed by atoms with van der Waals surface area (Å²) in [6, 6.07) is 17.0. The maximum absolute atomic E-state index is 12.8. The van der Waals surface area contributed by atoms with Crippen LogP contribution in [0, 0.1) is 0 Å². The Morgan fingerprint density at radius 2 is 1.77 bits per heavy atom. The van der Waals surface area contributed by atoms with E-state index < -0.39 is 12.1 Å². The summed E-state index contributed by atoms with van der Waals surface area (Å²) in [4.78, 5) is 25.5. The lowest BCUT2D eigenvalue weighted by atomic mass is 10.1. The number of carbonyl (C=O) groups is 2. The fourth-order valence-electron chi connectivity index (χ4n) is 3.08. The van der Waals surface area contributed by atoms with Gasteiger partial charge < -0.3 is 14.6 Å². The standard InChI is InChI=1S/C21H20N2O3/c1-23-13-17(16-9-5-6-10-18(16)23)21(25)26-19(14-7-3-2-4-8-14)20(24)22-15-11-12-15/h2-10,13,15,19H,11-12H2,1H3,(H,22,24). The molecule has 1 N–H and O–H groups in total. The minimum Gasteiger partial charge on any atom is -0.444 e. The molecule has 1 heterocycles. The maximum Gasteiger partial charge on any atom is 0.341 e. The molecule has 1 fully saturated rings. The number of ether oxygens (including phenoxy) is 1. The van der Waals surface area contributed by atoms with Crippen molar-refractivity contribution < 1.29 is 14.3 Å². The van der Waals surface area contributed by atoms with Crippen LogP contribution in [0.15, 0.2) is 60.8 Å². The third kappa shape index (κ3) is 3.20. The third-order valence-electron chi connectivity index (χ3n) is 4.61. The molecule has 0 saturated heterocycles. The highest BCUT2D eigenvalue weighted by Crippen LogP contribution is 2.26. The molecule has 1 aliphatic rings. The summed E-state index contributed by atoms with van der Waals surface area (Å²) >= 11 is 0. The van der Waals surface area contributed by atoms with E-state index in [0.717, 1.165) is 23.7 Å². The molecular formula is C21H20N2O3. The van der Waals surface area contributed by atoms with Crippen molar-refractivity contribution in [1.82, 2.24) is 9.88 Å². The first-order valence-corrected chi connectivity index (χ1v) is 8.74. The summed E-state index contributed by atoms with van der Waals surface area (Å²) in [6.45, 7) is 0. The summed E-state index contributed by atoms with van der Waals surface area (Å²) < 4.78 is 7.55. The molecule has 1 saturated carbocycles. The SMILES string of the molecule is Cn1cc(C(=O)OC(C(=O)NC2CC2)c2ccccc2)c2ccccc21. The molecule has 4 rings (SSSR count). The molecule has 26 heavy (non-hydrogen) atoms. The monoisotopic (exact) mass is 348 g/mol. The maximum atomic E-state index is 12.8. The Hall–Kier alpha value is -3.08. The lowest BCUT2D eigenvalue weighted by Gasteiger charge is -2.17. The van der Waals surface area contributed by atoms with Gasteiger partial charge in [0, 0.05) is 35.8 Å². The number of rotatable bonds is 5. The van der Waals surface area contributed by atoms with Gasteiger partial charge >= 0.3 is 5.97 Å². The molecule has 5 nitrogen and oxygen atoms in total. The zero-order chi connectivity index (χ0) is 18.1. The molecule has 1 aliphatic carbocycles. The van der Waals surface area contributed by atoms with Crippen LogP contribution in [0.3, 0.4) is 0 Å². The van der Waals surface area contributed by atoms with E-state index in [1.807, 2.05) is 54.1 Å². The van der Waals surface area contributed by atoms with Gasteiger partial charge in [0.2, 0.25) is 6.10 Å². The number of aryl methyl sites for hydroxylation is 1. The van der Waals surface area contributed by atoms with E-state index in [-0.39, 0.29) is 11.9 Å². The van der Waals surface area contributed by atoms with Crippen molar-refractivity contribution in [1.29, 1.82) is 0 Å². The van der Waals surface area contributed by atoms with Crippen molar-refractivity contribution in [3.05, 3.63) is 71.9 Å². The van der Waals surface area contributed by atoms with Crippen LogP contribution in [-0.4, -0.2) is 22.5 Å². The highest BCUT2D eigenvalue weighted by atomic mass is 16.5. The van der Waals surface area contributed by atoms with Gasteiger partial charge in [0.05, 0.1) is 5.56 Å². The second kappa shape index (κ2) is 6.67. The summed E-state index contributed by atoms with van der Waals surface area (Å²) in [5, 5.41) is 3.74. The molecule has 1 atom stereocenters. The molecule has 1 aromatic heterocycles. The van der Waals surface area contributed by atoms with Crippen LogP contribution in [0.4, 0.5) is 0 Å². The van der Waals surface area contributed by atoms with E-state index in [9.17, 15) is 9.59 Å². The number of para-hydroxylation sites is 1. The molecule has 1 amide bonds. The number of aromatic nitrogens is 1. The summed E-state index contributed by atoms with van der Waals surface area (Å²) in [6.07, 6.45) is 2.74. The van der Waals surface area contributed by atoms with Crippen LogP contribution in [0.2, 0.25) is 0 Å². The number of nitrogens with zero attached hydrogens (tertiary/aromatic N) is 1. The van der Waals surface area contributed by atoms with E-state index in [2.05, 4.69) is 5.32 Å². The van der Waals surface area contributed by atoms with E-state index in [1.54, 1.807) is 18.3 Å². The molecule has 3 aromatic rings. The smallest absolute Gasteiger partial charge is 0.341 e. The van der Waals surface area contributed by atoms with Crippen LogP contribution in [0.5, 0.6) is 0 Å². The van der Waals surface area contributed by atoms with E-state index >= 15 is 0 Å². The zero-order valence-electron chi connectivity index (χ0n) is 14.5. The number of nitrogens with one attached hydrogen (secondary N) is 1. The van der Waals surface area contributed by atoms with Crippen molar-refractivity contribution in [2.24, 2.45) is 7.05 Å². The third-order valence-corrected chi connectivity index (χ3v) is 4.61. The predicted molar refractivity (Wildman–Crippen MR) is 98.7 cm³/mol. The Morgan fingerprint density at radius 1 is 1.08 bits per heavy atom. The first-order chi connectivity index (χ1) is 12.6. The number of carbonyl (C=O) groups excluding carboxylic acids is 2. The normalized spacial score (nSPS) is 14.8. The van der Waals surface area contributed by atoms with Crippen molar-refractivity contribution in [2.45, 2.75) is 25.0 Å². The average Bonchev–Trinajstić information content (AvgIpc) is 3.42. The Bertz CT molecular complexity index is 958.